The number of allylic oxidation sites excluding steroid dienone is 1. The molecule has 1 aliphatic rings. The van der Waals surface area contributed by atoms with Crippen molar-refractivity contribution < 1.29 is 4.74 Å². The molecule has 5 nitrogen and oxygen atoms in total. The molecule has 0 aliphatic carbocycles. The van der Waals surface area contributed by atoms with E-state index in [2.05, 4.69) is 287 Å². The number of anilines is 2. The monoisotopic (exact) mass is 961 g/mol. The van der Waals surface area contributed by atoms with Crippen molar-refractivity contribution in [1.29, 1.82) is 0 Å². The van der Waals surface area contributed by atoms with E-state index in [1.165, 1.54) is 55.9 Å². The fourth-order valence-corrected chi connectivity index (χ4v) is 10.4. The molecule has 0 spiro atoms. The van der Waals surface area contributed by atoms with Gasteiger partial charge in [0.25, 0.3) is 0 Å². The van der Waals surface area contributed by atoms with Crippen molar-refractivity contribution >= 4 is 33.2 Å². The van der Waals surface area contributed by atoms with Gasteiger partial charge in [0.15, 0.2) is 0 Å². The van der Waals surface area contributed by atoms with E-state index in [0.717, 1.165) is 44.8 Å². The molecule has 3 heterocycles. The zero-order chi connectivity index (χ0) is 51.7. The first-order valence-corrected chi connectivity index (χ1v) is 26.0. The van der Waals surface area contributed by atoms with Crippen molar-refractivity contribution in [3.8, 4) is 28.4 Å². The van der Waals surface area contributed by atoms with E-state index in [1.54, 1.807) is 0 Å². The highest BCUT2D eigenvalue weighted by Gasteiger charge is 2.37. The molecule has 5 heteroatoms. The highest BCUT2D eigenvalue weighted by molar-refractivity contribution is 6.10. The molecule has 0 fully saturated rings. The molecule has 7 aromatic carbocycles. The maximum absolute atomic E-state index is 7.17. The number of aromatic nitrogens is 2. The Morgan fingerprint density at radius 2 is 0.986 bits per heavy atom. The first-order valence-electron chi connectivity index (χ1n) is 26.0. The molecule has 1 aliphatic heterocycles. The van der Waals surface area contributed by atoms with Crippen molar-refractivity contribution in [2.75, 3.05) is 16.5 Å². The van der Waals surface area contributed by atoms with Gasteiger partial charge in [-0.3, -0.25) is 4.57 Å². The fourth-order valence-electron chi connectivity index (χ4n) is 10.4. The van der Waals surface area contributed by atoms with Crippen LogP contribution in [0.2, 0.25) is 0 Å². The number of benzene rings is 7. The van der Waals surface area contributed by atoms with E-state index in [0.29, 0.717) is 6.67 Å². The Kier molecular flexibility index (Phi) is 12.3. The number of rotatable bonds is 10. The number of hydrogen-bond acceptors (Lipinski definition) is 4. The standard InChI is InChI=1S/C68H72N4O/c1-64(2,3)51-36-52(65(4,5)6)38-54(37-51)70-44-62(68(12,13)49-27-21-16-22-28-49)71(45-70)55-39-53(66(7,8)9)40-57(42-55)73-56-30-31-58-59-35-47(46-23-17-14-18-24-46)29-32-60(59)72(61(58)43-56)63-41-50(33-34-69-63)67(10,11)48-25-19-15-20-26-48/h14-44H,45H2,1-13H3. The summed E-state index contributed by atoms with van der Waals surface area (Å²) in [5, 5.41) is 2.30. The van der Waals surface area contributed by atoms with Crippen molar-refractivity contribution in [2.45, 2.75) is 117 Å². The smallest absolute Gasteiger partial charge is 0.137 e. The molecule has 0 bridgehead atoms. The molecule has 0 saturated heterocycles. The number of fused-ring (bicyclic) bond motifs is 3. The van der Waals surface area contributed by atoms with Crippen molar-refractivity contribution in [3.05, 3.63) is 227 Å². The van der Waals surface area contributed by atoms with Crippen LogP contribution in [0.1, 0.15) is 123 Å². The van der Waals surface area contributed by atoms with Crippen LogP contribution in [0, 0.1) is 0 Å². The highest BCUT2D eigenvalue weighted by atomic mass is 16.5. The summed E-state index contributed by atoms with van der Waals surface area (Å²) >= 11 is 0. The number of pyridine rings is 1. The van der Waals surface area contributed by atoms with Crippen molar-refractivity contribution in [3.63, 3.8) is 0 Å². The third kappa shape index (κ3) is 9.59. The van der Waals surface area contributed by atoms with Gasteiger partial charge in [0.2, 0.25) is 0 Å². The second-order valence-electron chi connectivity index (χ2n) is 24.4. The van der Waals surface area contributed by atoms with E-state index < -0.39 is 0 Å². The summed E-state index contributed by atoms with van der Waals surface area (Å²) in [6.07, 6.45) is 4.35. The normalized spacial score (nSPS) is 13.8. The molecule has 0 saturated carbocycles. The van der Waals surface area contributed by atoms with Crippen LogP contribution in [0.25, 0.3) is 38.8 Å². The van der Waals surface area contributed by atoms with Crippen LogP contribution >= 0.6 is 0 Å². The van der Waals surface area contributed by atoms with E-state index >= 15 is 0 Å². The third-order valence-electron chi connectivity index (χ3n) is 15.3. The second-order valence-corrected chi connectivity index (χ2v) is 24.4. The molecule has 0 N–H and O–H groups in total. The first-order chi connectivity index (χ1) is 34.6. The topological polar surface area (TPSA) is 33.5 Å². The van der Waals surface area contributed by atoms with Gasteiger partial charge >= 0.3 is 0 Å². The van der Waals surface area contributed by atoms with Gasteiger partial charge in [0.05, 0.1) is 17.7 Å². The zero-order valence-electron chi connectivity index (χ0n) is 45.3. The lowest BCUT2D eigenvalue weighted by Crippen LogP contribution is -2.34. The lowest BCUT2D eigenvalue weighted by Gasteiger charge is -2.35. The lowest BCUT2D eigenvalue weighted by molar-refractivity contribution is 0.479. The molecular weight excluding hydrogens is 889 g/mol. The van der Waals surface area contributed by atoms with Crippen LogP contribution in [0.5, 0.6) is 11.5 Å². The fraction of sp³-hybridized carbons (Fsp3) is 0.279. The summed E-state index contributed by atoms with van der Waals surface area (Å²) in [5.74, 6) is 2.42. The lowest BCUT2D eigenvalue weighted by atomic mass is 9.78. The summed E-state index contributed by atoms with van der Waals surface area (Å²) < 4.78 is 9.48. The van der Waals surface area contributed by atoms with Crippen LogP contribution < -0.4 is 14.5 Å². The van der Waals surface area contributed by atoms with E-state index in [1.807, 2.05) is 6.20 Å². The minimum absolute atomic E-state index is 0.0130. The molecule has 0 radical (unpaired) electrons. The quantitative estimate of drug-likeness (QED) is 0.137. The Balaban J connectivity index is 1.10. The first kappa shape index (κ1) is 49.2. The van der Waals surface area contributed by atoms with Gasteiger partial charge in [-0.2, -0.15) is 0 Å². The average Bonchev–Trinajstić information content (AvgIpc) is 3.97. The van der Waals surface area contributed by atoms with Gasteiger partial charge in [-0.1, -0.05) is 193 Å². The number of hydrogen-bond donors (Lipinski definition) is 0. The van der Waals surface area contributed by atoms with Crippen molar-refractivity contribution in [1.82, 2.24) is 9.55 Å². The molecule has 10 rings (SSSR count). The Hall–Kier alpha value is -7.37. The third-order valence-corrected chi connectivity index (χ3v) is 15.3. The predicted molar refractivity (Wildman–Crippen MR) is 309 cm³/mol. The molecule has 9 aromatic rings. The number of nitrogens with zero attached hydrogens (tertiary/aromatic N) is 4. The maximum Gasteiger partial charge on any atom is 0.137 e. The van der Waals surface area contributed by atoms with Crippen LogP contribution in [-0.2, 0) is 27.1 Å². The summed E-state index contributed by atoms with van der Waals surface area (Å²) in [7, 11) is 0. The molecule has 0 amide bonds. The SMILES string of the molecule is CC(C)(C)c1cc(Oc2ccc3c4cc(-c5ccccc5)ccc4n(-c4cc(C(C)(C)c5ccccc5)ccn4)c3c2)cc(N2CN(c3cc(C(C)(C)C)cc(C(C)(C)C)c3)C=C2C(C)(C)c2ccccc2)c1. The van der Waals surface area contributed by atoms with Gasteiger partial charge in [-0.25, -0.2) is 4.98 Å². The van der Waals surface area contributed by atoms with E-state index in [-0.39, 0.29) is 27.1 Å². The Morgan fingerprint density at radius 1 is 0.411 bits per heavy atom. The second kappa shape index (κ2) is 18.3. The summed E-state index contributed by atoms with van der Waals surface area (Å²) in [4.78, 5) is 10.1. The van der Waals surface area contributed by atoms with Gasteiger partial charge in [-0.05, 0) is 121 Å². The largest absolute Gasteiger partial charge is 0.457 e. The molecule has 73 heavy (non-hydrogen) atoms. The molecule has 0 unspecified atom stereocenters. The van der Waals surface area contributed by atoms with Crippen LogP contribution in [-0.4, -0.2) is 16.2 Å². The summed E-state index contributed by atoms with van der Waals surface area (Å²) in [6, 6.07) is 64.1. The summed E-state index contributed by atoms with van der Waals surface area (Å²) in [5.41, 5.74) is 14.8. The Morgan fingerprint density at radius 3 is 1.60 bits per heavy atom. The molecular formula is C68H72N4O. The van der Waals surface area contributed by atoms with Crippen LogP contribution in [0.4, 0.5) is 11.4 Å². The van der Waals surface area contributed by atoms with Crippen LogP contribution in [0.3, 0.4) is 0 Å². The van der Waals surface area contributed by atoms with Gasteiger partial charge in [0.1, 0.15) is 17.3 Å². The maximum atomic E-state index is 7.17. The van der Waals surface area contributed by atoms with Crippen LogP contribution in [0.15, 0.2) is 194 Å². The minimum atomic E-state index is -0.330. The van der Waals surface area contributed by atoms with E-state index in [9.17, 15) is 0 Å². The van der Waals surface area contributed by atoms with E-state index in [4.69, 9.17) is 9.72 Å². The molecule has 2 aromatic heterocycles. The zero-order valence-corrected chi connectivity index (χ0v) is 45.3. The minimum Gasteiger partial charge on any atom is -0.457 e. The van der Waals surface area contributed by atoms with Gasteiger partial charge < -0.3 is 14.5 Å². The Bertz CT molecular complexity index is 3470. The van der Waals surface area contributed by atoms with Gasteiger partial charge in [-0.15, -0.1) is 0 Å². The highest BCUT2D eigenvalue weighted by Crippen LogP contribution is 2.45. The predicted octanol–water partition coefficient (Wildman–Crippen LogP) is 18.0. The average molecular weight is 961 g/mol. The van der Waals surface area contributed by atoms with Gasteiger partial charge in [0, 0.05) is 63.2 Å². The molecule has 370 valence electrons. The summed E-state index contributed by atoms with van der Waals surface area (Å²) in [6.45, 7) is 30.7. The molecule has 0 atom stereocenters. The van der Waals surface area contributed by atoms with Crippen molar-refractivity contribution in [2.24, 2.45) is 0 Å². The Labute approximate surface area is 434 Å². The number of ether oxygens (including phenoxy) is 1.